The molecule has 0 amide bonds. The number of rotatable bonds is 7. The first-order valence-corrected chi connectivity index (χ1v) is 8.55. The van der Waals surface area contributed by atoms with Crippen LogP contribution in [0.1, 0.15) is 33.1 Å². The number of hydrogen-bond donors (Lipinski definition) is 1. The summed E-state index contributed by atoms with van der Waals surface area (Å²) in [5.74, 6) is -0.135. The average molecular weight is 352 g/mol. The van der Waals surface area contributed by atoms with Crippen molar-refractivity contribution in [1.29, 1.82) is 0 Å². The lowest BCUT2D eigenvalue weighted by atomic mass is 10.1. The predicted octanol–water partition coefficient (Wildman–Crippen LogP) is 3.69. The summed E-state index contributed by atoms with van der Waals surface area (Å²) < 4.78 is 40.3. The molecule has 0 aliphatic rings. The molecule has 1 N–H and O–H groups in total. The molecule has 0 fully saturated rings. The van der Waals surface area contributed by atoms with Crippen LogP contribution in [-0.2, 0) is 10.0 Å². The molecular formula is C13H19BrFNO2S. The topological polar surface area (TPSA) is 46.2 Å². The Balaban J connectivity index is 2.56. The molecule has 0 unspecified atom stereocenters. The lowest BCUT2D eigenvalue weighted by molar-refractivity contribution is 0.527. The van der Waals surface area contributed by atoms with Gasteiger partial charge in [0.25, 0.3) is 0 Å². The van der Waals surface area contributed by atoms with Gasteiger partial charge in [0.15, 0.2) is 0 Å². The number of halogens is 2. The molecule has 1 rings (SSSR count). The number of hydrogen-bond acceptors (Lipinski definition) is 2. The molecule has 1 aromatic rings. The lowest BCUT2D eigenvalue weighted by Gasteiger charge is -2.08. The third-order valence-electron chi connectivity index (χ3n) is 2.68. The molecular weight excluding hydrogens is 333 g/mol. The van der Waals surface area contributed by atoms with E-state index < -0.39 is 15.8 Å². The van der Waals surface area contributed by atoms with E-state index in [0.29, 0.717) is 16.9 Å². The second-order valence-electron chi connectivity index (χ2n) is 4.86. The molecule has 0 aromatic heterocycles. The minimum Gasteiger partial charge on any atom is -0.211 e. The van der Waals surface area contributed by atoms with E-state index in [1.54, 1.807) is 0 Å². The normalized spacial score (nSPS) is 12.1. The van der Waals surface area contributed by atoms with Crippen molar-refractivity contribution in [2.45, 2.75) is 38.0 Å². The molecule has 6 heteroatoms. The largest absolute Gasteiger partial charge is 0.243 e. The molecule has 0 atom stereocenters. The maximum absolute atomic E-state index is 13.6. The zero-order valence-corrected chi connectivity index (χ0v) is 13.5. The van der Waals surface area contributed by atoms with Gasteiger partial charge >= 0.3 is 0 Å². The molecule has 1 aromatic carbocycles. The third-order valence-corrected chi connectivity index (χ3v) is 4.67. The maximum atomic E-state index is 13.6. The van der Waals surface area contributed by atoms with Gasteiger partial charge < -0.3 is 0 Å². The molecule has 19 heavy (non-hydrogen) atoms. The molecule has 0 saturated carbocycles. The predicted molar refractivity (Wildman–Crippen MR) is 78.0 cm³/mol. The lowest BCUT2D eigenvalue weighted by Crippen LogP contribution is -2.25. The molecule has 0 aliphatic carbocycles. The van der Waals surface area contributed by atoms with Crippen LogP contribution >= 0.6 is 15.9 Å². The van der Waals surface area contributed by atoms with Crippen molar-refractivity contribution in [3.05, 3.63) is 28.5 Å². The highest BCUT2D eigenvalue weighted by Gasteiger charge is 2.18. The van der Waals surface area contributed by atoms with Crippen LogP contribution in [-0.4, -0.2) is 15.0 Å². The Morgan fingerprint density at radius 2 is 2.00 bits per heavy atom. The second-order valence-corrected chi connectivity index (χ2v) is 7.51. The van der Waals surface area contributed by atoms with E-state index in [2.05, 4.69) is 34.5 Å². The molecule has 108 valence electrons. The SMILES string of the molecule is CC(C)CCCCNS(=O)(=O)c1ccc(Br)cc1F. The fourth-order valence-corrected chi connectivity index (χ4v) is 3.12. The van der Waals surface area contributed by atoms with E-state index in [9.17, 15) is 12.8 Å². The van der Waals surface area contributed by atoms with E-state index >= 15 is 0 Å². The Morgan fingerprint density at radius 1 is 1.32 bits per heavy atom. The fourth-order valence-electron chi connectivity index (χ4n) is 1.66. The summed E-state index contributed by atoms with van der Waals surface area (Å²) in [6.45, 7) is 4.59. The highest BCUT2D eigenvalue weighted by atomic mass is 79.9. The van der Waals surface area contributed by atoms with Gasteiger partial charge in [-0.15, -0.1) is 0 Å². The van der Waals surface area contributed by atoms with Crippen molar-refractivity contribution in [3.63, 3.8) is 0 Å². The Morgan fingerprint density at radius 3 is 2.58 bits per heavy atom. The van der Waals surface area contributed by atoms with Crippen molar-refractivity contribution >= 4 is 26.0 Å². The zero-order chi connectivity index (χ0) is 14.5. The number of nitrogens with one attached hydrogen (secondary N) is 1. The van der Waals surface area contributed by atoms with Crippen molar-refractivity contribution < 1.29 is 12.8 Å². The first-order chi connectivity index (χ1) is 8.83. The summed E-state index contributed by atoms with van der Waals surface area (Å²) in [5, 5.41) is 0. The van der Waals surface area contributed by atoms with Crippen molar-refractivity contribution in [3.8, 4) is 0 Å². The molecule has 0 aliphatic heterocycles. The van der Waals surface area contributed by atoms with E-state index in [-0.39, 0.29) is 4.90 Å². The summed E-state index contributed by atoms with van der Waals surface area (Å²) in [4.78, 5) is -0.306. The second kappa shape index (κ2) is 7.36. The van der Waals surface area contributed by atoms with Gasteiger partial charge in [0.05, 0.1) is 0 Å². The average Bonchev–Trinajstić information content (AvgIpc) is 2.27. The molecule has 0 bridgehead atoms. The number of benzene rings is 1. The standard InChI is InChI=1S/C13H19BrFNO2S/c1-10(2)5-3-4-8-16-19(17,18)13-7-6-11(14)9-12(13)15/h6-7,9-10,16H,3-5,8H2,1-2H3. The summed E-state index contributed by atoms with van der Waals surface area (Å²) in [7, 11) is -3.75. The van der Waals surface area contributed by atoms with Gasteiger partial charge in [0, 0.05) is 11.0 Å². The van der Waals surface area contributed by atoms with E-state index in [4.69, 9.17) is 0 Å². The first-order valence-electron chi connectivity index (χ1n) is 6.27. The van der Waals surface area contributed by atoms with Gasteiger partial charge in [0.2, 0.25) is 10.0 Å². The van der Waals surface area contributed by atoms with Gasteiger partial charge in [-0.3, -0.25) is 0 Å². The van der Waals surface area contributed by atoms with Gasteiger partial charge in [-0.25, -0.2) is 17.5 Å². The van der Waals surface area contributed by atoms with Crippen molar-refractivity contribution in [2.24, 2.45) is 5.92 Å². The van der Waals surface area contributed by atoms with Crippen molar-refractivity contribution in [2.75, 3.05) is 6.54 Å². The van der Waals surface area contributed by atoms with Gasteiger partial charge in [-0.2, -0.15) is 0 Å². The summed E-state index contributed by atoms with van der Waals surface area (Å²) in [6, 6.07) is 3.92. The quantitative estimate of drug-likeness (QED) is 0.761. The summed E-state index contributed by atoms with van der Waals surface area (Å²) in [6.07, 6.45) is 2.78. The number of sulfonamides is 1. The minimum atomic E-state index is -3.75. The van der Waals surface area contributed by atoms with Gasteiger partial charge in [-0.1, -0.05) is 42.6 Å². The van der Waals surface area contributed by atoms with Crippen LogP contribution < -0.4 is 4.72 Å². The minimum absolute atomic E-state index is 0.306. The van der Waals surface area contributed by atoms with Crippen LogP contribution in [0.25, 0.3) is 0 Å². The van der Waals surface area contributed by atoms with Gasteiger partial charge in [0.1, 0.15) is 10.7 Å². The highest BCUT2D eigenvalue weighted by Crippen LogP contribution is 2.19. The van der Waals surface area contributed by atoms with Crippen LogP contribution in [0.4, 0.5) is 4.39 Å². The van der Waals surface area contributed by atoms with Crippen molar-refractivity contribution in [1.82, 2.24) is 4.72 Å². The molecule has 0 radical (unpaired) electrons. The van der Waals surface area contributed by atoms with Crippen LogP contribution in [0.5, 0.6) is 0 Å². The summed E-state index contributed by atoms with van der Waals surface area (Å²) in [5.41, 5.74) is 0. The zero-order valence-electron chi connectivity index (χ0n) is 11.1. The molecule has 0 heterocycles. The molecule has 0 spiro atoms. The Labute approximate surface area is 122 Å². The fraction of sp³-hybridized carbons (Fsp3) is 0.538. The Bertz CT molecular complexity index is 517. The van der Waals surface area contributed by atoms with E-state index in [0.717, 1.165) is 25.3 Å². The number of unbranched alkanes of at least 4 members (excludes halogenated alkanes) is 1. The van der Waals surface area contributed by atoms with Crippen LogP contribution in [0.3, 0.4) is 0 Å². The van der Waals surface area contributed by atoms with Crippen LogP contribution in [0.2, 0.25) is 0 Å². The van der Waals surface area contributed by atoms with E-state index in [1.807, 2.05) is 0 Å². The molecule has 0 saturated heterocycles. The van der Waals surface area contributed by atoms with Crippen LogP contribution in [0, 0.1) is 11.7 Å². The Kier molecular flexibility index (Phi) is 6.42. The van der Waals surface area contributed by atoms with E-state index in [1.165, 1.54) is 12.1 Å². The Hall–Kier alpha value is -0.460. The third kappa shape index (κ3) is 5.58. The highest BCUT2D eigenvalue weighted by molar-refractivity contribution is 9.10. The first kappa shape index (κ1) is 16.6. The van der Waals surface area contributed by atoms with Crippen LogP contribution in [0.15, 0.2) is 27.6 Å². The molecule has 3 nitrogen and oxygen atoms in total. The summed E-state index contributed by atoms with van der Waals surface area (Å²) >= 11 is 3.09. The maximum Gasteiger partial charge on any atom is 0.243 e. The van der Waals surface area contributed by atoms with Gasteiger partial charge in [-0.05, 0) is 30.5 Å². The monoisotopic (exact) mass is 351 g/mol. The smallest absolute Gasteiger partial charge is 0.211 e.